The molecule has 0 aliphatic carbocycles. The third-order valence-corrected chi connectivity index (χ3v) is 3.71. The number of para-hydroxylation sites is 1. The van der Waals surface area contributed by atoms with Crippen molar-refractivity contribution in [2.24, 2.45) is 0 Å². The summed E-state index contributed by atoms with van der Waals surface area (Å²) >= 11 is 5.79. The molecule has 0 unspecified atom stereocenters. The average Bonchev–Trinajstić information content (AvgIpc) is 2.65. The molecule has 0 saturated carbocycles. The van der Waals surface area contributed by atoms with Crippen LogP contribution < -0.4 is 14.8 Å². The predicted molar refractivity (Wildman–Crippen MR) is 97.2 cm³/mol. The Morgan fingerprint density at radius 2 is 1.84 bits per heavy atom. The molecule has 128 valence electrons. The van der Waals surface area contributed by atoms with Crippen LogP contribution in [0.5, 0.6) is 11.5 Å². The van der Waals surface area contributed by atoms with Gasteiger partial charge >= 0.3 is 0 Å². The largest absolute Gasteiger partial charge is 0.489 e. The smallest absolute Gasteiger partial charge is 0.258 e. The van der Waals surface area contributed by atoms with Gasteiger partial charge in [0.15, 0.2) is 6.61 Å². The van der Waals surface area contributed by atoms with E-state index in [1.165, 1.54) is 0 Å². The van der Waals surface area contributed by atoms with Crippen molar-refractivity contribution in [1.82, 2.24) is 10.3 Å². The highest BCUT2D eigenvalue weighted by Gasteiger charge is 2.05. The van der Waals surface area contributed by atoms with Gasteiger partial charge in [0.1, 0.15) is 23.6 Å². The maximum atomic E-state index is 11.8. The average molecular weight is 357 g/mol. The van der Waals surface area contributed by atoms with Crippen molar-refractivity contribution >= 4 is 28.4 Å². The molecular weight excluding hydrogens is 340 g/mol. The van der Waals surface area contributed by atoms with Gasteiger partial charge in [-0.3, -0.25) is 9.78 Å². The van der Waals surface area contributed by atoms with Crippen LogP contribution in [-0.2, 0) is 4.79 Å². The van der Waals surface area contributed by atoms with E-state index < -0.39 is 0 Å². The first kappa shape index (κ1) is 17.0. The summed E-state index contributed by atoms with van der Waals surface area (Å²) in [4.78, 5) is 16.1. The maximum Gasteiger partial charge on any atom is 0.258 e. The lowest BCUT2D eigenvalue weighted by Crippen LogP contribution is -2.32. The van der Waals surface area contributed by atoms with Crippen LogP contribution in [0.15, 0.2) is 60.8 Å². The van der Waals surface area contributed by atoms with Crippen molar-refractivity contribution < 1.29 is 14.3 Å². The standard InChI is InChI=1S/C19H17ClN2O3/c20-15-6-8-16(9-7-15)25-13-18(23)21-11-12-24-17-5-1-3-14-4-2-10-22-19(14)17/h1-10H,11-13H2,(H,21,23). The number of carbonyl (C=O) groups excluding carboxylic acids is 1. The summed E-state index contributed by atoms with van der Waals surface area (Å²) in [5, 5.41) is 4.38. The second-order valence-corrected chi connectivity index (χ2v) is 5.71. The number of amides is 1. The molecule has 0 spiro atoms. The number of aromatic nitrogens is 1. The zero-order valence-electron chi connectivity index (χ0n) is 13.4. The normalized spacial score (nSPS) is 10.4. The van der Waals surface area contributed by atoms with Crippen molar-refractivity contribution in [1.29, 1.82) is 0 Å². The van der Waals surface area contributed by atoms with E-state index in [1.807, 2.05) is 30.3 Å². The van der Waals surface area contributed by atoms with Gasteiger partial charge in [-0.05, 0) is 36.4 Å². The van der Waals surface area contributed by atoms with Crippen molar-refractivity contribution in [3.8, 4) is 11.5 Å². The fourth-order valence-corrected chi connectivity index (χ4v) is 2.40. The van der Waals surface area contributed by atoms with Gasteiger partial charge in [0.05, 0.1) is 6.54 Å². The van der Waals surface area contributed by atoms with Crippen LogP contribution in [0, 0.1) is 0 Å². The molecule has 6 heteroatoms. The number of ether oxygens (including phenoxy) is 2. The molecule has 0 bridgehead atoms. The van der Waals surface area contributed by atoms with E-state index in [2.05, 4.69) is 10.3 Å². The number of pyridine rings is 1. The van der Waals surface area contributed by atoms with Crippen LogP contribution in [0.3, 0.4) is 0 Å². The first-order chi connectivity index (χ1) is 12.2. The fourth-order valence-electron chi connectivity index (χ4n) is 2.27. The summed E-state index contributed by atoms with van der Waals surface area (Å²) in [6.45, 7) is 0.672. The molecule has 1 amide bonds. The first-order valence-corrected chi connectivity index (χ1v) is 8.22. The second kappa shape index (κ2) is 8.35. The van der Waals surface area contributed by atoms with E-state index in [4.69, 9.17) is 21.1 Å². The number of halogens is 1. The Bertz CT molecular complexity index is 847. The number of nitrogens with one attached hydrogen (secondary N) is 1. The van der Waals surface area contributed by atoms with Gasteiger partial charge in [-0.2, -0.15) is 0 Å². The van der Waals surface area contributed by atoms with Crippen molar-refractivity contribution in [3.63, 3.8) is 0 Å². The molecule has 5 nitrogen and oxygen atoms in total. The Hall–Kier alpha value is -2.79. The van der Waals surface area contributed by atoms with E-state index in [-0.39, 0.29) is 12.5 Å². The number of hydrogen-bond donors (Lipinski definition) is 1. The molecule has 1 heterocycles. The van der Waals surface area contributed by atoms with E-state index in [0.717, 1.165) is 10.9 Å². The maximum absolute atomic E-state index is 11.8. The van der Waals surface area contributed by atoms with E-state index in [1.54, 1.807) is 30.5 Å². The first-order valence-electron chi connectivity index (χ1n) is 7.84. The van der Waals surface area contributed by atoms with Gasteiger partial charge < -0.3 is 14.8 Å². The lowest BCUT2D eigenvalue weighted by Gasteiger charge is -2.10. The summed E-state index contributed by atoms with van der Waals surface area (Å²) in [5.41, 5.74) is 0.808. The minimum absolute atomic E-state index is 0.0581. The lowest BCUT2D eigenvalue weighted by molar-refractivity contribution is -0.123. The minimum Gasteiger partial charge on any atom is -0.489 e. The number of nitrogens with zero attached hydrogens (tertiary/aromatic N) is 1. The van der Waals surface area contributed by atoms with Crippen LogP contribution >= 0.6 is 11.6 Å². The Labute approximate surface area is 150 Å². The van der Waals surface area contributed by atoms with Crippen LogP contribution in [0.25, 0.3) is 10.9 Å². The molecule has 0 aliphatic heterocycles. The number of hydrogen-bond acceptors (Lipinski definition) is 4. The summed E-state index contributed by atoms with van der Waals surface area (Å²) in [5.74, 6) is 1.08. The summed E-state index contributed by atoms with van der Waals surface area (Å²) in [7, 11) is 0. The minimum atomic E-state index is -0.213. The highest BCUT2D eigenvalue weighted by molar-refractivity contribution is 6.30. The van der Waals surface area contributed by atoms with Gasteiger partial charge in [-0.15, -0.1) is 0 Å². The van der Waals surface area contributed by atoms with Crippen LogP contribution in [-0.4, -0.2) is 30.6 Å². The summed E-state index contributed by atoms with van der Waals surface area (Å²) in [6.07, 6.45) is 1.73. The second-order valence-electron chi connectivity index (χ2n) is 5.27. The van der Waals surface area contributed by atoms with Crippen molar-refractivity contribution in [2.75, 3.05) is 19.8 Å². The molecule has 2 aromatic carbocycles. The van der Waals surface area contributed by atoms with Crippen LogP contribution in [0.4, 0.5) is 0 Å². The summed E-state index contributed by atoms with van der Waals surface area (Å²) < 4.78 is 11.1. The molecule has 0 fully saturated rings. The molecular formula is C19H17ClN2O3. The SMILES string of the molecule is O=C(COc1ccc(Cl)cc1)NCCOc1cccc2cccnc12. The Kier molecular flexibility index (Phi) is 5.69. The van der Waals surface area contributed by atoms with Gasteiger partial charge in [-0.1, -0.05) is 29.8 Å². The zero-order chi connectivity index (χ0) is 17.5. The lowest BCUT2D eigenvalue weighted by atomic mass is 10.2. The van der Waals surface area contributed by atoms with Crippen LogP contribution in [0.2, 0.25) is 5.02 Å². The molecule has 3 rings (SSSR count). The summed E-state index contributed by atoms with van der Waals surface area (Å²) in [6, 6.07) is 16.5. The molecule has 25 heavy (non-hydrogen) atoms. The molecule has 0 aliphatic rings. The Morgan fingerprint density at radius 1 is 1.04 bits per heavy atom. The van der Waals surface area contributed by atoms with Crippen LogP contribution in [0.1, 0.15) is 0 Å². The van der Waals surface area contributed by atoms with E-state index in [0.29, 0.717) is 29.7 Å². The monoisotopic (exact) mass is 356 g/mol. The van der Waals surface area contributed by atoms with Gasteiger partial charge in [0.25, 0.3) is 5.91 Å². The van der Waals surface area contributed by atoms with Gasteiger partial charge in [-0.25, -0.2) is 0 Å². The van der Waals surface area contributed by atoms with E-state index >= 15 is 0 Å². The van der Waals surface area contributed by atoms with Crippen molar-refractivity contribution in [2.45, 2.75) is 0 Å². The topological polar surface area (TPSA) is 60.5 Å². The zero-order valence-corrected chi connectivity index (χ0v) is 14.2. The third-order valence-electron chi connectivity index (χ3n) is 3.46. The third kappa shape index (κ3) is 4.84. The molecule has 1 N–H and O–H groups in total. The number of carbonyl (C=O) groups is 1. The van der Waals surface area contributed by atoms with E-state index in [9.17, 15) is 4.79 Å². The van der Waals surface area contributed by atoms with Gasteiger partial charge in [0.2, 0.25) is 0 Å². The predicted octanol–water partition coefficient (Wildman–Crippen LogP) is 3.46. The molecule has 0 radical (unpaired) electrons. The fraction of sp³-hybridized carbons (Fsp3) is 0.158. The van der Waals surface area contributed by atoms with Gasteiger partial charge in [0, 0.05) is 16.6 Å². The Balaban J connectivity index is 1.42. The van der Waals surface area contributed by atoms with Crippen molar-refractivity contribution in [3.05, 3.63) is 65.8 Å². The molecule has 1 aromatic heterocycles. The number of fused-ring (bicyclic) bond motifs is 1. The Morgan fingerprint density at radius 3 is 2.68 bits per heavy atom. The molecule has 0 atom stereocenters. The molecule has 3 aromatic rings. The number of benzene rings is 2. The quantitative estimate of drug-likeness (QED) is 0.658. The highest BCUT2D eigenvalue weighted by atomic mass is 35.5. The highest BCUT2D eigenvalue weighted by Crippen LogP contribution is 2.22. The number of rotatable bonds is 7. The molecule has 0 saturated heterocycles.